The van der Waals surface area contributed by atoms with E-state index in [9.17, 15) is 14.7 Å². The predicted octanol–water partition coefficient (Wildman–Crippen LogP) is 2.80. The number of fused-ring (bicyclic) bond motifs is 3. The maximum atomic E-state index is 12.2. The number of nitrogens with one attached hydrogen (secondary N) is 2. The Morgan fingerprint density at radius 3 is 2.00 bits per heavy atom. The molecule has 0 heterocycles. The van der Waals surface area contributed by atoms with Gasteiger partial charge in [-0.2, -0.15) is 0 Å². The largest absolute Gasteiger partial charge is 0.481 e. The molecule has 4 aliphatic carbocycles. The average Bonchev–Trinajstić information content (AvgIpc) is 2.49. The highest BCUT2D eigenvalue weighted by Gasteiger charge is 2.53. The number of amides is 2. The minimum Gasteiger partial charge on any atom is -0.481 e. The second-order valence-corrected chi connectivity index (χ2v) is 7.30. The zero-order valence-electron chi connectivity index (χ0n) is 12.6. The van der Waals surface area contributed by atoms with E-state index in [0.717, 1.165) is 32.1 Å². The van der Waals surface area contributed by atoms with Crippen molar-refractivity contribution in [2.45, 2.75) is 82.2 Å². The molecule has 0 atom stereocenters. The van der Waals surface area contributed by atoms with Crippen LogP contribution < -0.4 is 10.6 Å². The van der Waals surface area contributed by atoms with Crippen molar-refractivity contribution in [3.8, 4) is 0 Å². The summed E-state index contributed by atoms with van der Waals surface area (Å²) in [7, 11) is 0. The Morgan fingerprint density at radius 2 is 1.48 bits per heavy atom. The molecule has 118 valence electrons. The molecule has 5 heteroatoms. The van der Waals surface area contributed by atoms with E-state index in [1.807, 2.05) is 0 Å². The smallest absolute Gasteiger partial charge is 0.315 e. The number of rotatable bonds is 3. The van der Waals surface area contributed by atoms with Crippen LogP contribution in [-0.4, -0.2) is 28.7 Å². The maximum Gasteiger partial charge on any atom is 0.315 e. The van der Waals surface area contributed by atoms with E-state index < -0.39 is 11.4 Å². The number of carboxylic acid groups (broad SMARTS) is 1. The molecule has 0 aromatic rings. The second kappa shape index (κ2) is 5.50. The topological polar surface area (TPSA) is 78.4 Å². The zero-order valence-corrected chi connectivity index (χ0v) is 12.6. The molecule has 2 bridgehead atoms. The number of carbonyl (C=O) groups excluding carboxylic acids is 1. The van der Waals surface area contributed by atoms with Crippen molar-refractivity contribution in [1.29, 1.82) is 0 Å². The third-order valence-corrected chi connectivity index (χ3v) is 6.02. The van der Waals surface area contributed by atoms with Crippen LogP contribution in [0, 0.1) is 5.41 Å². The van der Waals surface area contributed by atoms with E-state index >= 15 is 0 Å². The van der Waals surface area contributed by atoms with Gasteiger partial charge in [0, 0.05) is 11.6 Å². The summed E-state index contributed by atoms with van der Waals surface area (Å²) in [6.07, 6.45) is 10.4. The van der Waals surface area contributed by atoms with Gasteiger partial charge in [0.2, 0.25) is 0 Å². The van der Waals surface area contributed by atoms with Gasteiger partial charge in [0.25, 0.3) is 0 Å². The monoisotopic (exact) mass is 294 g/mol. The zero-order chi connectivity index (χ0) is 14.9. The molecule has 0 spiro atoms. The van der Waals surface area contributed by atoms with Crippen LogP contribution in [0.25, 0.3) is 0 Å². The van der Waals surface area contributed by atoms with Crippen LogP contribution in [-0.2, 0) is 4.79 Å². The molecule has 0 aromatic heterocycles. The minimum atomic E-state index is -0.651. The summed E-state index contributed by atoms with van der Waals surface area (Å²) in [5.41, 5.74) is -0.667. The van der Waals surface area contributed by atoms with Crippen molar-refractivity contribution in [1.82, 2.24) is 10.6 Å². The van der Waals surface area contributed by atoms with Gasteiger partial charge in [-0.3, -0.25) is 4.79 Å². The van der Waals surface area contributed by atoms with Gasteiger partial charge in [0.05, 0.1) is 5.41 Å². The fraction of sp³-hybridized carbons (Fsp3) is 0.875. The lowest BCUT2D eigenvalue weighted by molar-refractivity contribution is -0.156. The van der Waals surface area contributed by atoms with Gasteiger partial charge in [-0.25, -0.2) is 4.79 Å². The molecule has 2 amide bonds. The molecule has 0 unspecified atom stereocenters. The summed E-state index contributed by atoms with van der Waals surface area (Å²) < 4.78 is 0. The number of urea groups is 1. The lowest BCUT2D eigenvalue weighted by atomic mass is 9.57. The van der Waals surface area contributed by atoms with Crippen molar-refractivity contribution in [2.24, 2.45) is 5.41 Å². The average molecular weight is 294 g/mol. The minimum absolute atomic E-state index is 0.0494. The van der Waals surface area contributed by atoms with Crippen molar-refractivity contribution in [3.63, 3.8) is 0 Å². The predicted molar refractivity (Wildman–Crippen MR) is 79.0 cm³/mol. The van der Waals surface area contributed by atoms with Gasteiger partial charge in [-0.05, 0) is 51.4 Å². The Morgan fingerprint density at radius 1 is 0.905 bits per heavy atom. The Kier molecular flexibility index (Phi) is 3.84. The molecule has 0 radical (unpaired) electrons. The number of carbonyl (C=O) groups is 2. The maximum absolute atomic E-state index is 12.2. The normalized spacial score (nSPS) is 36.2. The molecule has 3 N–H and O–H groups in total. The van der Waals surface area contributed by atoms with Crippen LogP contribution in [0.5, 0.6) is 0 Å². The van der Waals surface area contributed by atoms with E-state index in [-0.39, 0.29) is 11.6 Å². The van der Waals surface area contributed by atoms with Gasteiger partial charge in [0.15, 0.2) is 0 Å². The summed E-state index contributed by atoms with van der Waals surface area (Å²) in [4.78, 5) is 23.7. The van der Waals surface area contributed by atoms with Crippen LogP contribution in [0.15, 0.2) is 0 Å². The summed E-state index contributed by atoms with van der Waals surface area (Å²) in [5.74, 6) is -0.651. The lowest BCUT2D eigenvalue weighted by Crippen LogP contribution is -2.60. The van der Waals surface area contributed by atoms with E-state index in [1.165, 1.54) is 19.3 Å². The van der Waals surface area contributed by atoms with Gasteiger partial charge >= 0.3 is 12.0 Å². The second-order valence-electron chi connectivity index (χ2n) is 7.30. The molecule has 21 heavy (non-hydrogen) atoms. The highest BCUT2D eigenvalue weighted by Crippen LogP contribution is 2.52. The van der Waals surface area contributed by atoms with Crippen LogP contribution >= 0.6 is 0 Å². The first-order valence-electron chi connectivity index (χ1n) is 8.36. The fourth-order valence-electron chi connectivity index (χ4n) is 4.40. The van der Waals surface area contributed by atoms with E-state index in [1.54, 1.807) is 0 Å². The Bertz CT molecular complexity index is 405. The van der Waals surface area contributed by atoms with Crippen molar-refractivity contribution in [2.75, 3.05) is 0 Å². The Hall–Kier alpha value is -1.26. The summed E-state index contributed by atoms with van der Waals surface area (Å²) >= 11 is 0. The molecular weight excluding hydrogens is 268 g/mol. The summed E-state index contributed by atoms with van der Waals surface area (Å²) in [6.45, 7) is 0. The number of aliphatic carboxylic acids is 1. The molecule has 0 aliphatic heterocycles. The Balaban J connectivity index is 1.54. The lowest BCUT2D eigenvalue weighted by Gasteiger charge is -2.51. The van der Waals surface area contributed by atoms with Gasteiger partial charge in [-0.15, -0.1) is 0 Å². The van der Waals surface area contributed by atoms with Crippen LogP contribution in [0.1, 0.15) is 70.6 Å². The molecule has 0 aromatic carbocycles. The van der Waals surface area contributed by atoms with E-state index in [0.29, 0.717) is 25.3 Å². The van der Waals surface area contributed by atoms with Crippen molar-refractivity contribution < 1.29 is 14.7 Å². The molecule has 4 saturated carbocycles. The number of hydrogen-bond acceptors (Lipinski definition) is 2. The molecule has 4 aliphatic rings. The van der Waals surface area contributed by atoms with Crippen molar-refractivity contribution in [3.05, 3.63) is 0 Å². The highest BCUT2D eigenvalue weighted by molar-refractivity contribution is 5.77. The number of carboxylic acids is 1. The van der Waals surface area contributed by atoms with Crippen LogP contribution in [0.4, 0.5) is 4.79 Å². The first-order valence-corrected chi connectivity index (χ1v) is 8.36. The van der Waals surface area contributed by atoms with Gasteiger partial charge < -0.3 is 15.7 Å². The van der Waals surface area contributed by atoms with Crippen LogP contribution in [0.3, 0.4) is 0 Å². The molecule has 4 rings (SSSR count). The fourth-order valence-corrected chi connectivity index (χ4v) is 4.40. The van der Waals surface area contributed by atoms with Gasteiger partial charge in [0.1, 0.15) is 0 Å². The van der Waals surface area contributed by atoms with E-state index in [2.05, 4.69) is 10.6 Å². The molecule has 5 nitrogen and oxygen atoms in total. The molecular formula is C16H26N2O3. The first kappa shape index (κ1) is 14.7. The first-order chi connectivity index (χ1) is 10.0. The third kappa shape index (κ3) is 2.87. The van der Waals surface area contributed by atoms with Crippen molar-refractivity contribution >= 4 is 12.0 Å². The summed E-state index contributed by atoms with van der Waals surface area (Å²) in [5, 5.41) is 15.7. The molecule has 0 saturated heterocycles. The van der Waals surface area contributed by atoms with E-state index in [4.69, 9.17) is 0 Å². The quantitative estimate of drug-likeness (QED) is 0.749. The standard InChI is InChI=1S/C16H26N2O3/c19-13(20)15-6-9-16(10-7-15,11-8-15)18-14(21)17-12-4-2-1-3-5-12/h12H,1-11H2,(H,19,20)(H2,17,18,21). The number of hydrogen-bond donors (Lipinski definition) is 3. The van der Waals surface area contributed by atoms with Gasteiger partial charge in [-0.1, -0.05) is 19.3 Å². The Labute approximate surface area is 125 Å². The SMILES string of the molecule is O=C(NC1CCCCC1)NC12CCC(C(=O)O)(CC1)CC2. The highest BCUT2D eigenvalue weighted by atomic mass is 16.4. The molecule has 4 fully saturated rings. The van der Waals surface area contributed by atoms with Crippen LogP contribution in [0.2, 0.25) is 0 Å². The third-order valence-electron chi connectivity index (χ3n) is 6.02. The summed E-state index contributed by atoms with van der Waals surface area (Å²) in [6, 6.07) is 0.270.